The first-order chi connectivity index (χ1) is 17.6. The molecule has 0 radical (unpaired) electrons. The maximum absolute atomic E-state index is 13.6. The maximum atomic E-state index is 13.6. The van der Waals surface area contributed by atoms with Gasteiger partial charge in [0.1, 0.15) is 17.7 Å². The third kappa shape index (κ3) is 4.72. The number of benzene rings is 2. The van der Waals surface area contributed by atoms with E-state index in [1.54, 1.807) is 30.0 Å². The van der Waals surface area contributed by atoms with Gasteiger partial charge in [-0.05, 0) is 35.4 Å². The van der Waals surface area contributed by atoms with Crippen LogP contribution >= 0.6 is 0 Å². The second-order valence-corrected chi connectivity index (χ2v) is 10.4. The Morgan fingerprint density at radius 2 is 1.94 bits per heavy atom. The molecule has 5 rings (SSSR count). The van der Waals surface area contributed by atoms with Crippen LogP contribution in [-0.2, 0) is 28.8 Å². The number of hydrogen-bond donors (Lipinski definition) is 1. The number of aromatic nitrogens is 2. The van der Waals surface area contributed by atoms with Gasteiger partial charge in [-0.3, -0.25) is 9.36 Å². The van der Waals surface area contributed by atoms with Crippen LogP contribution < -0.4 is 19.8 Å². The van der Waals surface area contributed by atoms with E-state index in [1.807, 2.05) is 48.7 Å². The predicted molar refractivity (Wildman–Crippen MR) is 138 cm³/mol. The largest absolute Gasteiger partial charge is 0.503 e. The van der Waals surface area contributed by atoms with Crippen LogP contribution in [0.1, 0.15) is 11.1 Å². The van der Waals surface area contributed by atoms with Gasteiger partial charge in [0, 0.05) is 17.1 Å². The van der Waals surface area contributed by atoms with Gasteiger partial charge >= 0.3 is 5.56 Å². The highest BCUT2D eigenvalue weighted by molar-refractivity contribution is 7.96. The number of nitrogens with zero attached hydrogens (tertiary/aromatic N) is 2. The summed E-state index contributed by atoms with van der Waals surface area (Å²) in [6, 6.07) is 17.1. The summed E-state index contributed by atoms with van der Waals surface area (Å²) in [6.45, 7) is 1.32. The van der Waals surface area contributed by atoms with Crippen LogP contribution in [0.2, 0.25) is 0 Å². The van der Waals surface area contributed by atoms with Gasteiger partial charge in [-0.2, -0.15) is 0 Å². The SMILES string of the molecule is COc1cc(COCC[S+](C)c2c(O)c3cccnc3n(Cc3ccccc3)c2=O)cc2c1OCO2. The van der Waals surface area contributed by atoms with E-state index < -0.39 is 10.9 Å². The molecule has 2 aromatic heterocycles. The number of aromatic hydroxyl groups is 1. The molecule has 0 saturated carbocycles. The Hall–Kier alpha value is -3.69. The van der Waals surface area contributed by atoms with Crippen molar-refractivity contribution in [2.75, 3.05) is 32.5 Å². The fraction of sp³-hybridized carbons (Fsp3) is 0.259. The Kier molecular flexibility index (Phi) is 7.02. The fourth-order valence-electron chi connectivity index (χ4n) is 4.21. The molecule has 9 heteroatoms. The molecular weight excluding hydrogens is 480 g/mol. The lowest BCUT2D eigenvalue weighted by molar-refractivity contribution is 0.136. The van der Waals surface area contributed by atoms with Gasteiger partial charge in [0.25, 0.3) is 4.90 Å². The summed E-state index contributed by atoms with van der Waals surface area (Å²) < 4.78 is 23.9. The van der Waals surface area contributed by atoms with Crippen molar-refractivity contribution in [3.63, 3.8) is 0 Å². The molecule has 4 aromatic rings. The third-order valence-electron chi connectivity index (χ3n) is 6.00. The van der Waals surface area contributed by atoms with Crippen LogP contribution in [0.3, 0.4) is 0 Å². The quantitative estimate of drug-likeness (QED) is 0.273. The molecule has 1 unspecified atom stereocenters. The van der Waals surface area contributed by atoms with E-state index in [9.17, 15) is 9.90 Å². The standard InChI is InChI=1S/C27H26N2O6S/c1-32-21-13-19(14-22-24(21)35-17-34-22)16-33-11-12-36(2)25-23(30)20-9-6-10-28-26(20)29(27(25)31)15-18-7-4-3-5-8-18/h3-10,13-14H,11-12,15-17H2,1-2H3/p+1. The van der Waals surface area contributed by atoms with Crippen molar-refractivity contribution in [3.8, 4) is 23.0 Å². The minimum Gasteiger partial charge on any atom is -0.503 e. The molecule has 2 aromatic carbocycles. The van der Waals surface area contributed by atoms with E-state index in [-0.39, 0.29) is 18.1 Å². The predicted octanol–water partition coefficient (Wildman–Crippen LogP) is 3.71. The van der Waals surface area contributed by atoms with Crippen molar-refractivity contribution in [1.29, 1.82) is 0 Å². The Labute approximate surface area is 211 Å². The first-order valence-electron chi connectivity index (χ1n) is 11.5. The lowest BCUT2D eigenvalue weighted by Gasteiger charge is -2.14. The number of rotatable bonds is 9. The van der Waals surface area contributed by atoms with Gasteiger partial charge < -0.3 is 24.1 Å². The highest BCUT2D eigenvalue weighted by Crippen LogP contribution is 2.42. The molecule has 0 aliphatic carbocycles. The van der Waals surface area contributed by atoms with Crippen LogP contribution in [0.4, 0.5) is 0 Å². The maximum Gasteiger partial charge on any atom is 0.311 e. The summed E-state index contributed by atoms with van der Waals surface area (Å²) in [5.74, 6) is 2.43. The molecule has 0 saturated heterocycles. The molecular formula is C27H27N2O6S+. The number of methoxy groups -OCH3 is 1. The zero-order chi connectivity index (χ0) is 25.1. The molecule has 1 N–H and O–H groups in total. The minimum atomic E-state index is -0.550. The average molecular weight is 508 g/mol. The van der Waals surface area contributed by atoms with Gasteiger partial charge in [-0.25, -0.2) is 4.98 Å². The normalized spacial score (nSPS) is 13.2. The van der Waals surface area contributed by atoms with Crippen molar-refractivity contribution in [2.45, 2.75) is 18.0 Å². The van der Waals surface area contributed by atoms with Crippen LogP contribution in [0.25, 0.3) is 11.0 Å². The lowest BCUT2D eigenvalue weighted by Crippen LogP contribution is -2.29. The lowest BCUT2D eigenvalue weighted by atomic mass is 10.2. The number of ether oxygens (including phenoxy) is 4. The van der Waals surface area contributed by atoms with E-state index in [0.29, 0.717) is 58.7 Å². The summed E-state index contributed by atoms with van der Waals surface area (Å²) >= 11 is 0. The van der Waals surface area contributed by atoms with Gasteiger partial charge in [-0.15, -0.1) is 0 Å². The number of hydrogen-bond acceptors (Lipinski definition) is 7. The van der Waals surface area contributed by atoms with E-state index in [1.165, 1.54) is 0 Å². The summed E-state index contributed by atoms with van der Waals surface area (Å²) in [5, 5.41) is 11.6. The van der Waals surface area contributed by atoms with E-state index in [2.05, 4.69) is 4.98 Å². The first-order valence-corrected chi connectivity index (χ1v) is 13.3. The van der Waals surface area contributed by atoms with Crippen LogP contribution in [0, 0.1) is 0 Å². The monoisotopic (exact) mass is 507 g/mol. The van der Waals surface area contributed by atoms with Crippen molar-refractivity contribution >= 4 is 21.9 Å². The molecule has 1 aliphatic rings. The average Bonchev–Trinajstić information content (AvgIpc) is 3.38. The Morgan fingerprint density at radius 1 is 1.11 bits per heavy atom. The first kappa shape index (κ1) is 24.0. The molecule has 0 bridgehead atoms. The van der Waals surface area contributed by atoms with Gasteiger partial charge in [0.2, 0.25) is 12.5 Å². The van der Waals surface area contributed by atoms with E-state index in [4.69, 9.17) is 18.9 Å². The molecule has 3 heterocycles. The zero-order valence-electron chi connectivity index (χ0n) is 20.1. The van der Waals surface area contributed by atoms with Crippen molar-refractivity contribution < 1.29 is 24.1 Å². The third-order valence-corrected chi connectivity index (χ3v) is 7.85. The molecule has 8 nitrogen and oxygen atoms in total. The Balaban J connectivity index is 1.34. The highest BCUT2D eigenvalue weighted by Gasteiger charge is 2.29. The van der Waals surface area contributed by atoms with Crippen molar-refractivity contribution in [3.05, 3.63) is 82.3 Å². The molecule has 186 valence electrons. The van der Waals surface area contributed by atoms with Gasteiger partial charge in [0.05, 0.1) is 32.3 Å². The molecule has 36 heavy (non-hydrogen) atoms. The van der Waals surface area contributed by atoms with Gasteiger partial charge in [0.15, 0.2) is 17.2 Å². The number of fused-ring (bicyclic) bond motifs is 2. The second-order valence-electron chi connectivity index (χ2n) is 8.35. The van der Waals surface area contributed by atoms with E-state index in [0.717, 1.165) is 11.1 Å². The van der Waals surface area contributed by atoms with Crippen LogP contribution in [0.15, 0.2) is 70.5 Å². The topological polar surface area (TPSA) is 92.0 Å². The van der Waals surface area contributed by atoms with Gasteiger partial charge in [-0.1, -0.05) is 30.3 Å². The Bertz CT molecular complexity index is 1440. The molecule has 1 atom stereocenters. The summed E-state index contributed by atoms with van der Waals surface area (Å²) in [4.78, 5) is 18.4. The smallest absolute Gasteiger partial charge is 0.311 e. The highest BCUT2D eigenvalue weighted by atomic mass is 32.2. The molecule has 0 fully saturated rings. The molecule has 1 aliphatic heterocycles. The van der Waals surface area contributed by atoms with Crippen LogP contribution in [0.5, 0.6) is 23.0 Å². The fourth-order valence-corrected chi connectivity index (χ4v) is 5.63. The minimum absolute atomic E-state index is 0.00116. The van der Waals surface area contributed by atoms with Crippen LogP contribution in [-0.4, -0.2) is 47.2 Å². The van der Waals surface area contributed by atoms with Crippen molar-refractivity contribution in [2.24, 2.45) is 0 Å². The molecule has 0 amide bonds. The summed E-state index contributed by atoms with van der Waals surface area (Å²) in [5.41, 5.74) is 2.13. The van der Waals surface area contributed by atoms with E-state index >= 15 is 0 Å². The number of pyridine rings is 2. The van der Waals surface area contributed by atoms with Crippen molar-refractivity contribution in [1.82, 2.24) is 9.55 Å². The Morgan fingerprint density at radius 3 is 2.75 bits per heavy atom. The zero-order valence-corrected chi connectivity index (χ0v) is 20.9. The molecule has 0 spiro atoms. The summed E-state index contributed by atoms with van der Waals surface area (Å²) in [6.07, 6.45) is 3.59. The second kappa shape index (κ2) is 10.5. The summed E-state index contributed by atoms with van der Waals surface area (Å²) in [7, 11) is 1.03.